The molecule has 0 aliphatic carbocycles. The Kier molecular flexibility index (Phi) is 16.1. The number of hydrogen-bond donors (Lipinski definition) is 2. The van der Waals surface area contributed by atoms with E-state index in [1.54, 1.807) is 11.7 Å². The van der Waals surface area contributed by atoms with E-state index >= 15 is 0 Å². The van der Waals surface area contributed by atoms with Crippen molar-refractivity contribution < 1.29 is 57.4 Å². The van der Waals surface area contributed by atoms with Crippen molar-refractivity contribution in [1.82, 2.24) is 25.5 Å². The summed E-state index contributed by atoms with van der Waals surface area (Å²) in [5, 5.41) is 25.6. The van der Waals surface area contributed by atoms with Crippen LogP contribution in [-0.2, 0) is 72.5 Å². The van der Waals surface area contributed by atoms with Crippen LogP contribution in [0, 0.1) is 0 Å². The van der Waals surface area contributed by atoms with Gasteiger partial charge in [-0.3, -0.25) is 19.2 Å². The number of rotatable bonds is 16. The Hall–Kier alpha value is -5.31. The molecule has 330 valence electrons. The summed E-state index contributed by atoms with van der Waals surface area (Å²) in [6.07, 6.45) is -7.32. The fourth-order valence-electron chi connectivity index (χ4n) is 7.38. The molecule has 2 aliphatic rings. The molecule has 0 bridgehead atoms. The number of nitrogens with zero attached hydrogens (tertiary/aromatic N) is 4. The van der Waals surface area contributed by atoms with E-state index in [4.69, 9.17) is 45.4 Å². The maximum absolute atomic E-state index is 12.3. The van der Waals surface area contributed by atoms with Gasteiger partial charge in [-0.05, 0) is 32.7 Å². The zero-order valence-corrected chi connectivity index (χ0v) is 36.4. The van der Waals surface area contributed by atoms with Crippen LogP contribution in [0.5, 0.6) is 0 Å². The molecular formula is C43H49N5O12S2. The number of aromatic nitrogens is 4. The second-order valence-electron chi connectivity index (χ2n) is 14.8. The molecule has 62 heavy (non-hydrogen) atoms. The van der Waals surface area contributed by atoms with E-state index in [2.05, 4.69) is 33.0 Å². The number of thioether (sulfide) groups is 1. The van der Waals surface area contributed by atoms with Gasteiger partial charge < -0.3 is 43.6 Å². The molecule has 0 saturated carbocycles. The number of aliphatic hydroxyl groups excluding tert-OH is 1. The first kappa shape index (κ1) is 46.2. The second-order valence-corrected chi connectivity index (χ2v) is 16.2. The number of carbonyl (C=O) groups is 4. The van der Waals surface area contributed by atoms with Crippen molar-refractivity contribution >= 4 is 52.8 Å². The van der Waals surface area contributed by atoms with E-state index in [1.165, 1.54) is 32.5 Å². The molecule has 2 fully saturated rings. The first-order chi connectivity index (χ1) is 29.8. The van der Waals surface area contributed by atoms with Gasteiger partial charge in [0, 0.05) is 64.9 Å². The Morgan fingerprint density at radius 3 is 1.95 bits per heavy atom. The lowest BCUT2D eigenvalue weighted by Gasteiger charge is -2.44. The number of esters is 4. The number of nitrogens with one attached hydrogen (secondary N) is 1. The van der Waals surface area contributed by atoms with Gasteiger partial charge in [0.15, 0.2) is 24.6 Å². The number of tetrazole rings is 1. The Labute approximate surface area is 368 Å². The Morgan fingerprint density at radius 2 is 1.35 bits per heavy atom. The third-order valence-corrected chi connectivity index (χ3v) is 11.6. The maximum Gasteiger partial charge on any atom is 0.303 e. The van der Waals surface area contributed by atoms with Gasteiger partial charge in [0.2, 0.25) is 5.16 Å². The van der Waals surface area contributed by atoms with Crippen LogP contribution in [0.25, 0.3) is 0 Å². The van der Waals surface area contributed by atoms with Crippen LogP contribution < -0.4 is 5.32 Å². The van der Waals surface area contributed by atoms with Gasteiger partial charge in [0.25, 0.3) is 0 Å². The van der Waals surface area contributed by atoms with E-state index in [-0.39, 0.29) is 31.7 Å². The van der Waals surface area contributed by atoms with Crippen LogP contribution in [0.3, 0.4) is 0 Å². The standard InChI is InChI=1S/C43H49N5O12S2/c1-24(50)54-22-34-40(56-26(3)52)41(57-27(4)53)39(55-25(2)51)33(58-34)19-36(61)44-20-28-11-17-32(18-12-28)42-59-35(23-62-43-45-46-47-48(43)5)37(30-9-7-6-8-10-30)38(60-42)31-15-13-29(21-49)14-16-31/h6-18,33-35,37-42,49H,19-23H2,1-5H3,(H,44,61)/t33-,34+,35+,37+,38-,39-,40+,41+,42?/m0/s1. The Balaban J connectivity index is 1.19. The molecule has 1 aromatic heterocycles. The normalized spacial score (nSPS) is 24.6. The number of benzene rings is 3. The summed E-state index contributed by atoms with van der Waals surface area (Å²) >= 11 is 7.21. The van der Waals surface area contributed by atoms with Gasteiger partial charge in [0.1, 0.15) is 18.8 Å². The number of thiocarbonyl (C=S) groups is 1. The molecule has 2 aliphatic heterocycles. The Bertz CT molecular complexity index is 2160. The summed E-state index contributed by atoms with van der Waals surface area (Å²) in [4.78, 5) is 48.7. The zero-order valence-electron chi connectivity index (χ0n) is 34.8. The molecule has 2 N–H and O–H groups in total. The van der Waals surface area contributed by atoms with E-state index in [0.29, 0.717) is 22.4 Å². The molecule has 0 amide bonds. The monoisotopic (exact) mass is 891 g/mol. The molecule has 2 saturated heterocycles. The zero-order chi connectivity index (χ0) is 44.3. The van der Waals surface area contributed by atoms with Gasteiger partial charge >= 0.3 is 23.9 Å². The van der Waals surface area contributed by atoms with Gasteiger partial charge in [0.05, 0.1) is 23.8 Å². The minimum Gasteiger partial charge on any atom is -0.463 e. The summed E-state index contributed by atoms with van der Waals surface area (Å²) in [5.41, 5.74) is 4.43. The minimum absolute atomic E-state index is 0.00327. The first-order valence-electron chi connectivity index (χ1n) is 19.9. The molecule has 3 heterocycles. The number of aliphatic hydroxyl groups is 1. The lowest BCUT2D eigenvalue weighted by Crippen LogP contribution is -2.62. The van der Waals surface area contributed by atoms with Crippen molar-refractivity contribution in [3.8, 4) is 0 Å². The van der Waals surface area contributed by atoms with E-state index in [1.807, 2.05) is 66.7 Å². The molecule has 19 heteroatoms. The number of carbonyl (C=O) groups excluding carboxylic acids is 4. The van der Waals surface area contributed by atoms with Crippen LogP contribution in [0.4, 0.5) is 0 Å². The SMILES string of the molecule is CC(=O)OC[C@H]1O[C@@H](CC(=S)NCc2ccc(C3O[C@H](CSc4nnnn4C)[C@@H](c4ccccc4)[C@H](c4ccc(CO)cc4)O3)cc2)[C@H](OC(C)=O)[C@@H](OC(C)=O)[C@@H]1OC(C)=O. The third kappa shape index (κ3) is 12.2. The summed E-state index contributed by atoms with van der Waals surface area (Å²) in [6.45, 7) is 4.62. The van der Waals surface area contributed by atoms with E-state index in [9.17, 15) is 24.3 Å². The van der Waals surface area contributed by atoms with Crippen LogP contribution in [0.2, 0.25) is 0 Å². The number of aryl methyl sites for hydroxylation is 1. The highest BCUT2D eigenvalue weighted by Crippen LogP contribution is 2.48. The van der Waals surface area contributed by atoms with Gasteiger partial charge in [-0.25, -0.2) is 4.68 Å². The predicted molar refractivity (Wildman–Crippen MR) is 225 cm³/mol. The lowest BCUT2D eigenvalue weighted by molar-refractivity contribution is -0.255. The van der Waals surface area contributed by atoms with Crippen molar-refractivity contribution in [3.63, 3.8) is 0 Å². The van der Waals surface area contributed by atoms with E-state index in [0.717, 1.165) is 34.7 Å². The average molecular weight is 892 g/mol. The molecule has 4 aromatic rings. The molecule has 0 radical (unpaired) electrons. The number of hydrogen-bond acceptors (Lipinski definition) is 17. The highest BCUT2D eigenvalue weighted by atomic mass is 32.2. The first-order valence-corrected chi connectivity index (χ1v) is 21.3. The summed E-state index contributed by atoms with van der Waals surface area (Å²) < 4.78 is 43.3. The quantitative estimate of drug-likeness (QED) is 0.0693. The van der Waals surface area contributed by atoms with Crippen LogP contribution >= 0.6 is 24.0 Å². The summed E-state index contributed by atoms with van der Waals surface area (Å²) in [7, 11) is 1.79. The molecule has 17 nitrogen and oxygen atoms in total. The van der Waals surface area contributed by atoms with Crippen molar-refractivity contribution in [2.24, 2.45) is 7.05 Å². The van der Waals surface area contributed by atoms with Crippen molar-refractivity contribution in [2.45, 2.75) is 107 Å². The van der Waals surface area contributed by atoms with E-state index < -0.39 is 66.8 Å². The average Bonchev–Trinajstić information content (AvgIpc) is 3.67. The largest absolute Gasteiger partial charge is 0.463 e. The fraction of sp³-hybridized carbons (Fsp3) is 0.442. The lowest BCUT2D eigenvalue weighted by atomic mass is 9.84. The smallest absolute Gasteiger partial charge is 0.303 e. The highest BCUT2D eigenvalue weighted by molar-refractivity contribution is 7.99. The predicted octanol–water partition coefficient (Wildman–Crippen LogP) is 4.37. The molecule has 1 unspecified atom stereocenters. The number of ether oxygens (including phenoxy) is 7. The van der Waals surface area contributed by atoms with Crippen LogP contribution in [-0.4, -0.2) is 103 Å². The molecule has 0 spiro atoms. The van der Waals surface area contributed by atoms with Gasteiger partial charge in [-0.15, -0.1) is 5.10 Å². The van der Waals surface area contributed by atoms with Crippen molar-refractivity contribution in [1.29, 1.82) is 0 Å². The molecular weight excluding hydrogens is 843 g/mol. The van der Waals surface area contributed by atoms with Crippen LogP contribution in [0.15, 0.2) is 84.0 Å². The Morgan fingerprint density at radius 1 is 0.742 bits per heavy atom. The molecule has 6 rings (SSSR count). The van der Waals surface area contributed by atoms with Crippen molar-refractivity contribution in [2.75, 3.05) is 12.4 Å². The van der Waals surface area contributed by atoms with Crippen LogP contribution in [0.1, 0.15) is 80.2 Å². The molecule has 9 atom stereocenters. The third-order valence-electron chi connectivity index (χ3n) is 10.1. The summed E-state index contributed by atoms with van der Waals surface area (Å²) in [5.74, 6) is -2.41. The topological polar surface area (TPSA) is 209 Å². The van der Waals surface area contributed by atoms with Gasteiger partial charge in [-0.2, -0.15) is 0 Å². The highest BCUT2D eigenvalue weighted by Gasteiger charge is 2.52. The fourth-order valence-corrected chi connectivity index (χ4v) is 8.54. The maximum atomic E-state index is 12.3. The minimum atomic E-state index is -1.29. The molecule has 3 aromatic carbocycles. The second kappa shape index (κ2) is 21.7. The van der Waals surface area contributed by atoms with Gasteiger partial charge in [-0.1, -0.05) is 103 Å². The van der Waals surface area contributed by atoms with Crippen molar-refractivity contribution in [3.05, 3.63) is 107 Å². The summed E-state index contributed by atoms with van der Waals surface area (Å²) in [6, 6.07) is 25.5.